The van der Waals surface area contributed by atoms with Crippen molar-refractivity contribution in [3.05, 3.63) is 17.0 Å². The topological polar surface area (TPSA) is 71.5 Å². The molecular weight excluding hydrogens is 258 g/mol. The van der Waals surface area contributed by atoms with Gasteiger partial charge in [-0.25, -0.2) is 16.8 Å². The van der Waals surface area contributed by atoms with Gasteiger partial charge in [0.25, 0.3) is 0 Å². The monoisotopic (exact) mass is 269 g/mol. The molecule has 0 fully saturated rings. The number of rotatable bonds is 3. The van der Waals surface area contributed by atoms with E-state index in [-0.39, 0.29) is 5.00 Å². The zero-order valence-electron chi connectivity index (χ0n) is 8.46. The largest absolute Gasteiger partial charge is 0.246 e. The number of nitrogens with zero attached hydrogens (tertiary/aromatic N) is 1. The second-order valence-corrected chi connectivity index (χ2v) is 8.27. The Labute approximate surface area is 93.4 Å². The van der Waals surface area contributed by atoms with E-state index >= 15 is 0 Å². The molecule has 0 aromatic carbocycles. The standard InChI is InChI=1S/C7H11NO4S3/c1-6-4-5-7(13-6)8(14(2,9)10)15(3,11)12/h4-5H,1-3H3. The van der Waals surface area contributed by atoms with E-state index in [9.17, 15) is 16.8 Å². The van der Waals surface area contributed by atoms with Gasteiger partial charge in [-0.2, -0.15) is 3.71 Å². The van der Waals surface area contributed by atoms with Gasteiger partial charge in [0.1, 0.15) is 5.00 Å². The second-order valence-electron chi connectivity index (χ2n) is 3.11. The Kier molecular flexibility index (Phi) is 3.13. The molecule has 15 heavy (non-hydrogen) atoms. The Morgan fingerprint density at radius 2 is 1.53 bits per heavy atom. The average molecular weight is 269 g/mol. The molecule has 86 valence electrons. The van der Waals surface area contributed by atoms with Crippen LogP contribution in [0.25, 0.3) is 0 Å². The summed E-state index contributed by atoms with van der Waals surface area (Å²) in [5.41, 5.74) is 0. The molecule has 0 aliphatic heterocycles. The molecule has 0 aliphatic carbocycles. The van der Waals surface area contributed by atoms with Crippen LogP contribution in [0.1, 0.15) is 4.88 Å². The highest BCUT2D eigenvalue weighted by Crippen LogP contribution is 2.29. The first kappa shape index (κ1) is 12.5. The third kappa shape index (κ3) is 2.93. The van der Waals surface area contributed by atoms with Crippen molar-refractivity contribution in [1.82, 2.24) is 0 Å². The summed E-state index contributed by atoms with van der Waals surface area (Å²) in [6.07, 6.45) is 1.73. The highest BCUT2D eigenvalue weighted by atomic mass is 32.3. The molecule has 0 saturated heterocycles. The second kappa shape index (κ2) is 3.76. The minimum Gasteiger partial charge on any atom is -0.206 e. The highest BCUT2D eigenvalue weighted by molar-refractivity contribution is 8.09. The van der Waals surface area contributed by atoms with Crippen molar-refractivity contribution >= 4 is 36.4 Å². The fourth-order valence-corrected chi connectivity index (χ4v) is 5.55. The summed E-state index contributed by atoms with van der Waals surface area (Å²) in [6.45, 7) is 1.77. The minimum absolute atomic E-state index is 0.192. The van der Waals surface area contributed by atoms with Crippen LogP contribution in [0.4, 0.5) is 5.00 Å². The van der Waals surface area contributed by atoms with Crippen LogP contribution in [0.5, 0.6) is 0 Å². The summed E-state index contributed by atoms with van der Waals surface area (Å²) in [5, 5.41) is 0.192. The lowest BCUT2D eigenvalue weighted by atomic mass is 10.5. The minimum atomic E-state index is -3.81. The molecule has 0 unspecified atom stereocenters. The van der Waals surface area contributed by atoms with E-state index in [0.29, 0.717) is 3.71 Å². The fourth-order valence-electron chi connectivity index (χ4n) is 1.09. The van der Waals surface area contributed by atoms with Crippen LogP contribution in [-0.4, -0.2) is 29.3 Å². The molecule has 0 bridgehead atoms. The summed E-state index contributed by atoms with van der Waals surface area (Å²) in [6, 6.07) is 3.14. The van der Waals surface area contributed by atoms with Gasteiger partial charge in [-0.05, 0) is 19.1 Å². The van der Waals surface area contributed by atoms with Gasteiger partial charge in [0, 0.05) is 4.88 Å². The Bertz CT molecular complexity index is 523. The molecule has 8 heteroatoms. The van der Waals surface area contributed by atoms with Crippen molar-refractivity contribution in [2.24, 2.45) is 0 Å². The van der Waals surface area contributed by atoms with Crippen LogP contribution in [0, 0.1) is 6.92 Å². The Balaban J connectivity index is 3.40. The molecule has 0 saturated carbocycles. The molecule has 0 spiro atoms. The van der Waals surface area contributed by atoms with E-state index in [2.05, 4.69) is 0 Å². The molecule has 1 rings (SSSR count). The van der Waals surface area contributed by atoms with Crippen LogP contribution in [0.2, 0.25) is 0 Å². The van der Waals surface area contributed by atoms with Gasteiger partial charge in [-0.3, -0.25) is 0 Å². The number of thiophene rings is 1. The van der Waals surface area contributed by atoms with Crippen molar-refractivity contribution in [3.63, 3.8) is 0 Å². The summed E-state index contributed by atoms with van der Waals surface area (Å²) in [4.78, 5) is 0.849. The van der Waals surface area contributed by atoms with Crippen molar-refractivity contribution in [2.45, 2.75) is 6.92 Å². The Hall–Kier alpha value is -0.600. The number of sulfonamides is 2. The number of anilines is 1. The fraction of sp³-hybridized carbons (Fsp3) is 0.429. The van der Waals surface area contributed by atoms with E-state index in [4.69, 9.17) is 0 Å². The summed E-state index contributed by atoms with van der Waals surface area (Å²) in [7, 11) is -7.61. The number of hydrogen-bond acceptors (Lipinski definition) is 5. The van der Waals surface area contributed by atoms with Crippen LogP contribution in [0.3, 0.4) is 0 Å². The highest BCUT2D eigenvalue weighted by Gasteiger charge is 2.28. The van der Waals surface area contributed by atoms with Gasteiger partial charge in [0.2, 0.25) is 20.0 Å². The van der Waals surface area contributed by atoms with E-state index in [0.717, 1.165) is 28.7 Å². The predicted molar refractivity (Wildman–Crippen MR) is 61.2 cm³/mol. The number of hydrogen-bond donors (Lipinski definition) is 0. The lowest BCUT2D eigenvalue weighted by molar-refractivity contribution is 0.591. The molecule has 0 aliphatic rings. The van der Waals surface area contributed by atoms with Crippen molar-refractivity contribution in [1.29, 1.82) is 0 Å². The van der Waals surface area contributed by atoms with Gasteiger partial charge < -0.3 is 0 Å². The summed E-state index contributed by atoms with van der Waals surface area (Å²) >= 11 is 1.12. The number of aryl methyl sites for hydroxylation is 1. The van der Waals surface area contributed by atoms with Gasteiger partial charge in [0.15, 0.2) is 0 Å². The van der Waals surface area contributed by atoms with Gasteiger partial charge in [0.05, 0.1) is 12.5 Å². The molecule has 0 N–H and O–H groups in total. The Morgan fingerprint density at radius 1 is 1.07 bits per heavy atom. The molecule has 1 heterocycles. The van der Waals surface area contributed by atoms with E-state index in [1.165, 1.54) is 6.07 Å². The van der Waals surface area contributed by atoms with Crippen LogP contribution < -0.4 is 3.71 Å². The zero-order chi connectivity index (χ0) is 11.9. The van der Waals surface area contributed by atoms with Crippen LogP contribution in [0.15, 0.2) is 12.1 Å². The van der Waals surface area contributed by atoms with Gasteiger partial charge >= 0.3 is 0 Å². The predicted octanol–water partition coefficient (Wildman–Crippen LogP) is 0.782. The summed E-state index contributed by atoms with van der Waals surface area (Å²) < 4.78 is 45.8. The SMILES string of the molecule is Cc1ccc(N(S(C)(=O)=O)S(C)(=O)=O)s1. The van der Waals surface area contributed by atoms with E-state index < -0.39 is 20.0 Å². The molecule has 1 aromatic heterocycles. The van der Waals surface area contributed by atoms with Gasteiger partial charge in [-0.15, -0.1) is 11.3 Å². The maximum absolute atomic E-state index is 11.3. The lowest BCUT2D eigenvalue weighted by Gasteiger charge is -2.17. The van der Waals surface area contributed by atoms with Crippen molar-refractivity contribution < 1.29 is 16.8 Å². The summed E-state index contributed by atoms with van der Waals surface area (Å²) in [5.74, 6) is 0. The first-order valence-corrected chi connectivity index (χ1v) is 8.40. The maximum atomic E-state index is 11.3. The third-order valence-electron chi connectivity index (χ3n) is 1.51. The van der Waals surface area contributed by atoms with E-state index in [1.54, 1.807) is 13.0 Å². The third-order valence-corrected chi connectivity index (χ3v) is 5.95. The Morgan fingerprint density at radius 3 is 1.80 bits per heavy atom. The van der Waals surface area contributed by atoms with Crippen LogP contribution in [-0.2, 0) is 20.0 Å². The molecule has 0 radical (unpaired) electrons. The smallest absolute Gasteiger partial charge is 0.206 e. The molecule has 1 aromatic rings. The van der Waals surface area contributed by atoms with Crippen LogP contribution >= 0.6 is 11.3 Å². The normalized spacial score (nSPS) is 12.7. The quantitative estimate of drug-likeness (QED) is 0.813. The van der Waals surface area contributed by atoms with Crippen molar-refractivity contribution in [3.8, 4) is 0 Å². The first-order valence-electron chi connectivity index (χ1n) is 3.89. The first-order chi connectivity index (χ1) is 6.62. The van der Waals surface area contributed by atoms with Gasteiger partial charge in [-0.1, -0.05) is 0 Å². The lowest BCUT2D eigenvalue weighted by Crippen LogP contribution is -2.34. The molecular formula is C7H11NO4S3. The molecule has 5 nitrogen and oxygen atoms in total. The molecule has 0 atom stereocenters. The molecule has 0 amide bonds. The maximum Gasteiger partial charge on any atom is 0.246 e. The van der Waals surface area contributed by atoms with E-state index in [1.807, 2.05) is 0 Å². The van der Waals surface area contributed by atoms with Crippen molar-refractivity contribution in [2.75, 3.05) is 16.2 Å². The average Bonchev–Trinajstić information content (AvgIpc) is 2.28. The zero-order valence-corrected chi connectivity index (χ0v) is 10.9.